The number of fused-ring (bicyclic) bond motifs is 1. The molecule has 0 aromatic carbocycles. The molecule has 3 rings (SSSR count). The average molecular weight is 272 g/mol. The van der Waals surface area contributed by atoms with Gasteiger partial charge in [-0.2, -0.15) is 5.10 Å². The summed E-state index contributed by atoms with van der Waals surface area (Å²) in [6.07, 6.45) is 9.04. The standard InChI is InChI=1S/C12H16N8/c1-9(7-20-5-2-3-15-20)16-11-12-14-4-6-19(12)8-10(17-11)18-13/h2-6,8-9,18H,7,13H2,1H3,(H,16,17). The zero-order valence-corrected chi connectivity index (χ0v) is 11.1. The molecule has 0 radical (unpaired) electrons. The Morgan fingerprint density at radius 3 is 3.00 bits per heavy atom. The Balaban J connectivity index is 1.84. The van der Waals surface area contributed by atoms with Gasteiger partial charge in [0.05, 0.1) is 12.7 Å². The lowest BCUT2D eigenvalue weighted by molar-refractivity contribution is 0.560. The predicted molar refractivity (Wildman–Crippen MR) is 76.1 cm³/mol. The van der Waals surface area contributed by atoms with E-state index in [9.17, 15) is 0 Å². The van der Waals surface area contributed by atoms with Crippen molar-refractivity contribution in [2.24, 2.45) is 5.84 Å². The van der Waals surface area contributed by atoms with E-state index in [2.05, 4.69) is 32.7 Å². The highest BCUT2D eigenvalue weighted by atomic mass is 15.3. The van der Waals surface area contributed by atoms with E-state index in [0.717, 1.165) is 12.2 Å². The molecule has 0 fully saturated rings. The van der Waals surface area contributed by atoms with E-state index in [1.54, 1.807) is 18.6 Å². The number of hydrogen-bond donors (Lipinski definition) is 3. The summed E-state index contributed by atoms with van der Waals surface area (Å²) >= 11 is 0. The quantitative estimate of drug-likeness (QED) is 0.467. The van der Waals surface area contributed by atoms with E-state index in [1.165, 1.54) is 0 Å². The minimum absolute atomic E-state index is 0.149. The van der Waals surface area contributed by atoms with Crippen LogP contribution < -0.4 is 16.6 Å². The zero-order chi connectivity index (χ0) is 13.9. The van der Waals surface area contributed by atoms with Gasteiger partial charge in [-0.1, -0.05) is 0 Å². The van der Waals surface area contributed by atoms with Gasteiger partial charge in [0, 0.05) is 30.8 Å². The molecule has 0 aliphatic heterocycles. The van der Waals surface area contributed by atoms with Crippen molar-refractivity contribution in [3.63, 3.8) is 0 Å². The maximum absolute atomic E-state index is 5.43. The number of nitrogens with one attached hydrogen (secondary N) is 2. The van der Waals surface area contributed by atoms with Crippen LogP contribution in [0.4, 0.5) is 11.6 Å². The van der Waals surface area contributed by atoms with Gasteiger partial charge in [0.25, 0.3) is 0 Å². The van der Waals surface area contributed by atoms with Gasteiger partial charge in [0.1, 0.15) is 0 Å². The Labute approximate surface area is 115 Å². The summed E-state index contributed by atoms with van der Waals surface area (Å²) in [5.74, 6) is 6.69. The minimum Gasteiger partial charge on any atom is -0.363 e. The summed E-state index contributed by atoms with van der Waals surface area (Å²) < 4.78 is 3.73. The summed E-state index contributed by atoms with van der Waals surface area (Å²) in [6.45, 7) is 2.80. The van der Waals surface area contributed by atoms with Crippen molar-refractivity contribution in [3.05, 3.63) is 37.1 Å². The van der Waals surface area contributed by atoms with Crippen LogP contribution in [0.15, 0.2) is 37.1 Å². The highest BCUT2D eigenvalue weighted by molar-refractivity contribution is 5.65. The molecule has 3 aromatic rings. The van der Waals surface area contributed by atoms with E-state index in [4.69, 9.17) is 5.84 Å². The number of nitrogen functional groups attached to an aromatic ring is 1. The minimum atomic E-state index is 0.149. The molecular weight excluding hydrogens is 256 g/mol. The van der Waals surface area contributed by atoms with Crippen molar-refractivity contribution in [2.45, 2.75) is 19.5 Å². The molecule has 0 aliphatic carbocycles. The Bertz CT molecular complexity index is 687. The molecular formula is C12H16N8. The van der Waals surface area contributed by atoms with Gasteiger partial charge in [-0.25, -0.2) is 15.8 Å². The molecule has 1 unspecified atom stereocenters. The van der Waals surface area contributed by atoms with Gasteiger partial charge in [-0.05, 0) is 13.0 Å². The lowest BCUT2D eigenvalue weighted by Gasteiger charge is -2.15. The second kappa shape index (κ2) is 5.17. The highest BCUT2D eigenvalue weighted by Gasteiger charge is 2.10. The van der Waals surface area contributed by atoms with E-state index < -0.39 is 0 Å². The first-order valence-electron chi connectivity index (χ1n) is 6.30. The van der Waals surface area contributed by atoms with Crippen LogP contribution in [0.25, 0.3) is 5.65 Å². The zero-order valence-electron chi connectivity index (χ0n) is 11.1. The second-order valence-electron chi connectivity index (χ2n) is 4.55. The van der Waals surface area contributed by atoms with Crippen LogP contribution in [0.5, 0.6) is 0 Å². The third-order valence-electron chi connectivity index (χ3n) is 2.93. The highest BCUT2D eigenvalue weighted by Crippen LogP contribution is 2.16. The molecule has 1 atom stereocenters. The van der Waals surface area contributed by atoms with Crippen LogP contribution in [0.2, 0.25) is 0 Å². The molecule has 0 saturated carbocycles. The van der Waals surface area contributed by atoms with Gasteiger partial charge in [0.2, 0.25) is 0 Å². The van der Waals surface area contributed by atoms with Crippen molar-refractivity contribution in [3.8, 4) is 0 Å². The Hall–Kier alpha value is -2.61. The van der Waals surface area contributed by atoms with Crippen LogP contribution in [-0.4, -0.2) is 30.2 Å². The number of imidazole rings is 1. The van der Waals surface area contributed by atoms with Gasteiger partial charge in [-0.15, -0.1) is 0 Å². The Kier molecular flexibility index (Phi) is 3.21. The fourth-order valence-corrected chi connectivity index (χ4v) is 2.07. The first kappa shape index (κ1) is 12.4. The molecule has 0 spiro atoms. The van der Waals surface area contributed by atoms with Crippen molar-refractivity contribution >= 4 is 17.3 Å². The van der Waals surface area contributed by atoms with Gasteiger partial charge in [0.15, 0.2) is 17.3 Å². The van der Waals surface area contributed by atoms with E-state index in [0.29, 0.717) is 11.6 Å². The molecule has 0 saturated heterocycles. The third-order valence-corrected chi connectivity index (χ3v) is 2.93. The monoisotopic (exact) mass is 272 g/mol. The summed E-state index contributed by atoms with van der Waals surface area (Å²) in [5.41, 5.74) is 3.31. The van der Waals surface area contributed by atoms with Crippen molar-refractivity contribution in [1.29, 1.82) is 0 Å². The molecule has 104 valence electrons. The van der Waals surface area contributed by atoms with E-state index in [1.807, 2.05) is 27.5 Å². The lowest BCUT2D eigenvalue weighted by atomic mass is 10.3. The first-order valence-corrected chi connectivity index (χ1v) is 6.30. The van der Waals surface area contributed by atoms with Crippen molar-refractivity contribution < 1.29 is 0 Å². The van der Waals surface area contributed by atoms with Crippen LogP contribution in [0.3, 0.4) is 0 Å². The summed E-state index contributed by atoms with van der Waals surface area (Å²) in [4.78, 5) is 8.69. The third kappa shape index (κ3) is 2.41. The number of nitrogens with zero attached hydrogens (tertiary/aromatic N) is 5. The molecule has 3 heterocycles. The number of aromatic nitrogens is 5. The number of hydrogen-bond acceptors (Lipinski definition) is 6. The van der Waals surface area contributed by atoms with Crippen LogP contribution >= 0.6 is 0 Å². The normalized spacial score (nSPS) is 12.5. The molecule has 0 amide bonds. The smallest absolute Gasteiger partial charge is 0.180 e. The Morgan fingerprint density at radius 2 is 2.25 bits per heavy atom. The molecule has 0 aliphatic rings. The van der Waals surface area contributed by atoms with Gasteiger partial charge >= 0.3 is 0 Å². The van der Waals surface area contributed by atoms with Crippen LogP contribution in [-0.2, 0) is 6.54 Å². The largest absolute Gasteiger partial charge is 0.363 e. The van der Waals surface area contributed by atoms with Crippen LogP contribution in [0.1, 0.15) is 6.92 Å². The second-order valence-corrected chi connectivity index (χ2v) is 4.55. The number of anilines is 2. The fraction of sp³-hybridized carbons (Fsp3) is 0.250. The first-order chi connectivity index (χ1) is 9.76. The summed E-state index contributed by atoms with van der Waals surface area (Å²) in [5, 5.41) is 7.52. The predicted octanol–water partition coefficient (Wildman–Crippen LogP) is 0.712. The maximum Gasteiger partial charge on any atom is 0.180 e. The van der Waals surface area contributed by atoms with Gasteiger partial charge in [-0.3, -0.25) is 4.68 Å². The SMILES string of the molecule is CC(Cn1cccn1)Nc1nc(NN)cn2ccnc12. The summed E-state index contributed by atoms with van der Waals surface area (Å²) in [6, 6.07) is 2.05. The fourth-order valence-electron chi connectivity index (χ4n) is 2.07. The summed E-state index contributed by atoms with van der Waals surface area (Å²) in [7, 11) is 0. The van der Waals surface area contributed by atoms with E-state index >= 15 is 0 Å². The Morgan fingerprint density at radius 1 is 1.35 bits per heavy atom. The lowest BCUT2D eigenvalue weighted by Crippen LogP contribution is -2.23. The molecule has 4 N–H and O–H groups in total. The maximum atomic E-state index is 5.43. The molecule has 20 heavy (non-hydrogen) atoms. The van der Waals surface area contributed by atoms with Crippen LogP contribution in [0, 0.1) is 0 Å². The molecule has 0 bridgehead atoms. The number of hydrazine groups is 1. The molecule has 8 nitrogen and oxygen atoms in total. The molecule has 8 heteroatoms. The number of nitrogens with two attached hydrogens (primary N) is 1. The van der Waals surface area contributed by atoms with E-state index in [-0.39, 0.29) is 6.04 Å². The van der Waals surface area contributed by atoms with Crippen molar-refractivity contribution in [2.75, 3.05) is 10.7 Å². The van der Waals surface area contributed by atoms with Gasteiger partial charge < -0.3 is 15.1 Å². The topological polar surface area (TPSA) is 98.1 Å². The number of rotatable bonds is 5. The van der Waals surface area contributed by atoms with Crippen molar-refractivity contribution in [1.82, 2.24) is 24.1 Å². The molecule has 3 aromatic heterocycles. The average Bonchev–Trinajstić information content (AvgIpc) is 3.09.